The van der Waals surface area contributed by atoms with Crippen LogP contribution in [-0.2, 0) is 16.0 Å². The van der Waals surface area contributed by atoms with Crippen molar-refractivity contribution >= 4 is 45.3 Å². The molecule has 0 bridgehead atoms. The first kappa shape index (κ1) is 24.5. The molecule has 3 aromatic carbocycles. The van der Waals surface area contributed by atoms with Crippen LogP contribution < -0.4 is 9.47 Å². The summed E-state index contributed by atoms with van der Waals surface area (Å²) in [5, 5.41) is 0.733. The smallest absolute Gasteiger partial charge is 0.344 e. The quantitative estimate of drug-likeness (QED) is 0.259. The molecule has 0 aromatic heterocycles. The number of benzene rings is 3. The molecule has 0 amide bonds. The number of carbonyl (C=O) groups is 1. The maximum atomic E-state index is 11.5. The first-order valence-corrected chi connectivity index (χ1v) is 12.2. The van der Waals surface area contributed by atoms with Crippen LogP contribution in [0.3, 0.4) is 0 Å². The summed E-state index contributed by atoms with van der Waals surface area (Å²) in [7, 11) is 0. The highest BCUT2D eigenvalue weighted by molar-refractivity contribution is 9.10. The predicted octanol–water partition coefficient (Wildman–Crippen LogP) is 7.13. The molecule has 3 aromatic rings. The zero-order valence-corrected chi connectivity index (χ0v) is 21.1. The van der Waals surface area contributed by atoms with Crippen molar-refractivity contribution < 1.29 is 19.0 Å². The Morgan fingerprint density at radius 3 is 2.50 bits per heavy atom. The molecular formula is C25H24BrClO4S. The second-order valence-corrected chi connectivity index (χ2v) is 9.47. The summed E-state index contributed by atoms with van der Waals surface area (Å²) in [5.74, 6) is 1.10. The normalized spacial score (nSPS) is 10.6. The number of esters is 1. The number of ether oxygens (including phenoxy) is 3. The first-order valence-electron chi connectivity index (χ1n) is 10.2. The molecule has 0 saturated heterocycles. The van der Waals surface area contributed by atoms with Gasteiger partial charge in [0.2, 0.25) is 0 Å². The van der Waals surface area contributed by atoms with Crippen molar-refractivity contribution in [3.8, 4) is 11.5 Å². The number of aryl methyl sites for hydroxylation is 1. The van der Waals surface area contributed by atoms with Gasteiger partial charge in [0.05, 0.1) is 13.2 Å². The molecule has 0 atom stereocenters. The Morgan fingerprint density at radius 2 is 1.78 bits per heavy atom. The lowest BCUT2D eigenvalue weighted by atomic mass is 10.2. The minimum atomic E-state index is -0.372. The second-order valence-electron chi connectivity index (χ2n) is 6.97. The van der Waals surface area contributed by atoms with Crippen molar-refractivity contribution in [2.45, 2.75) is 30.1 Å². The van der Waals surface area contributed by atoms with Crippen molar-refractivity contribution in [1.82, 2.24) is 0 Å². The third-order valence-corrected chi connectivity index (χ3v) is 6.12. The van der Waals surface area contributed by atoms with Crippen LogP contribution in [-0.4, -0.2) is 25.8 Å². The van der Waals surface area contributed by atoms with Crippen molar-refractivity contribution in [2.75, 3.05) is 19.8 Å². The largest absolute Gasteiger partial charge is 0.493 e. The van der Waals surface area contributed by atoms with Crippen LogP contribution in [0.2, 0.25) is 5.02 Å². The van der Waals surface area contributed by atoms with Crippen LogP contribution in [0.4, 0.5) is 0 Å². The van der Waals surface area contributed by atoms with E-state index in [1.165, 1.54) is 5.56 Å². The standard InChI is InChI=1S/C25H24BrClO4S/c1-3-29-25(28)16-31-24-9-8-22(12-17(24)2)32-23-14-19(26)13-21(15-23)30-11-10-18-4-6-20(27)7-5-18/h4-9,12-15H,3,10-11,16H2,1-2H3. The Kier molecular flexibility index (Phi) is 9.33. The summed E-state index contributed by atoms with van der Waals surface area (Å²) in [6.07, 6.45) is 0.804. The maximum absolute atomic E-state index is 11.5. The second kappa shape index (κ2) is 12.2. The van der Waals surface area contributed by atoms with Crippen LogP contribution in [0.1, 0.15) is 18.1 Å². The number of carbonyl (C=O) groups excluding carboxylic acids is 1. The number of halogens is 2. The fraction of sp³-hybridized carbons (Fsp3) is 0.240. The zero-order valence-electron chi connectivity index (χ0n) is 17.9. The molecule has 0 N–H and O–H groups in total. The molecule has 0 aliphatic heterocycles. The molecule has 0 heterocycles. The number of hydrogen-bond acceptors (Lipinski definition) is 5. The summed E-state index contributed by atoms with van der Waals surface area (Å²) < 4.78 is 17.4. The summed E-state index contributed by atoms with van der Waals surface area (Å²) in [6, 6.07) is 19.7. The van der Waals surface area contributed by atoms with Crippen LogP contribution in [0.25, 0.3) is 0 Å². The van der Waals surface area contributed by atoms with Crippen molar-refractivity contribution in [2.24, 2.45) is 0 Å². The molecule has 32 heavy (non-hydrogen) atoms. The highest BCUT2D eigenvalue weighted by Gasteiger charge is 2.08. The fourth-order valence-corrected chi connectivity index (χ4v) is 4.69. The van der Waals surface area contributed by atoms with Gasteiger partial charge in [-0.25, -0.2) is 4.79 Å². The lowest BCUT2D eigenvalue weighted by molar-refractivity contribution is -0.145. The Hall–Kier alpha value is -2.15. The molecule has 0 unspecified atom stereocenters. The third kappa shape index (κ3) is 7.76. The van der Waals surface area contributed by atoms with E-state index >= 15 is 0 Å². The van der Waals surface area contributed by atoms with Gasteiger partial charge in [-0.05, 0) is 73.5 Å². The van der Waals surface area contributed by atoms with E-state index < -0.39 is 0 Å². The van der Waals surface area contributed by atoms with Crippen LogP contribution in [0.15, 0.2) is 74.9 Å². The molecule has 0 saturated carbocycles. The van der Waals surface area contributed by atoms with E-state index in [0.29, 0.717) is 19.0 Å². The average Bonchev–Trinajstić information content (AvgIpc) is 2.74. The van der Waals surface area contributed by atoms with Gasteiger partial charge in [-0.1, -0.05) is 51.4 Å². The van der Waals surface area contributed by atoms with Gasteiger partial charge in [0, 0.05) is 25.7 Å². The van der Waals surface area contributed by atoms with E-state index in [9.17, 15) is 4.79 Å². The van der Waals surface area contributed by atoms with Gasteiger partial charge >= 0.3 is 5.97 Å². The summed E-state index contributed by atoms with van der Waals surface area (Å²) in [6.45, 7) is 4.55. The maximum Gasteiger partial charge on any atom is 0.344 e. The third-order valence-electron chi connectivity index (χ3n) is 4.45. The molecular weight excluding hydrogens is 512 g/mol. The van der Waals surface area contributed by atoms with Crippen LogP contribution in [0, 0.1) is 6.92 Å². The van der Waals surface area contributed by atoms with E-state index in [1.54, 1.807) is 18.7 Å². The molecule has 0 spiro atoms. The Bertz CT molecular complexity index is 1060. The van der Waals surface area contributed by atoms with E-state index in [2.05, 4.69) is 22.0 Å². The topological polar surface area (TPSA) is 44.8 Å². The Balaban J connectivity index is 1.59. The lowest BCUT2D eigenvalue weighted by Crippen LogP contribution is -2.14. The number of hydrogen-bond donors (Lipinski definition) is 0. The average molecular weight is 536 g/mol. The SMILES string of the molecule is CCOC(=O)COc1ccc(Sc2cc(Br)cc(OCCc3ccc(Cl)cc3)c2)cc1C. The Morgan fingerprint density at radius 1 is 1.00 bits per heavy atom. The highest BCUT2D eigenvalue weighted by atomic mass is 79.9. The number of rotatable bonds is 10. The lowest BCUT2D eigenvalue weighted by Gasteiger charge is -2.12. The van der Waals surface area contributed by atoms with Gasteiger partial charge in [0.15, 0.2) is 6.61 Å². The van der Waals surface area contributed by atoms with Gasteiger partial charge in [-0.15, -0.1) is 0 Å². The molecule has 0 aliphatic carbocycles. The van der Waals surface area contributed by atoms with Crippen molar-refractivity contribution in [1.29, 1.82) is 0 Å². The Labute approximate surface area is 206 Å². The molecule has 4 nitrogen and oxygen atoms in total. The van der Waals surface area contributed by atoms with E-state index in [0.717, 1.165) is 37.0 Å². The zero-order chi connectivity index (χ0) is 22.9. The van der Waals surface area contributed by atoms with E-state index in [1.807, 2.05) is 61.5 Å². The summed E-state index contributed by atoms with van der Waals surface area (Å²) in [5.41, 5.74) is 2.13. The van der Waals surface area contributed by atoms with Gasteiger partial charge in [-0.2, -0.15) is 0 Å². The van der Waals surface area contributed by atoms with E-state index in [-0.39, 0.29) is 12.6 Å². The minimum Gasteiger partial charge on any atom is -0.493 e. The van der Waals surface area contributed by atoms with E-state index in [4.69, 9.17) is 25.8 Å². The molecule has 3 rings (SSSR count). The molecule has 168 valence electrons. The van der Waals surface area contributed by atoms with Gasteiger partial charge in [0.1, 0.15) is 11.5 Å². The fourth-order valence-electron chi connectivity index (χ4n) is 2.94. The van der Waals surface area contributed by atoms with Crippen LogP contribution in [0.5, 0.6) is 11.5 Å². The minimum absolute atomic E-state index is 0.0937. The highest BCUT2D eigenvalue weighted by Crippen LogP contribution is 2.35. The molecule has 7 heteroatoms. The van der Waals surface area contributed by atoms with Gasteiger partial charge < -0.3 is 14.2 Å². The molecule has 0 radical (unpaired) electrons. The van der Waals surface area contributed by atoms with Crippen molar-refractivity contribution in [3.05, 3.63) is 81.3 Å². The summed E-state index contributed by atoms with van der Waals surface area (Å²) in [4.78, 5) is 13.6. The predicted molar refractivity (Wildman–Crippen MR) is 132 cm³/mol. The molecule has 0 fully saturated rings. The monoisotopic (exact) mass is 534 g/mol. The van der Waals surface area contributed by atoms with Gasteiger partial charge in [0.25, 0.3) is 0 Å². The first-order chi connectivity index (χ1) is 15.4. The summed E-state index contributed by atoms with van der Waals surface area (Å²) >= 11 is 11.1. The van der Waals surface area contributed by atoms with Crippen molar-refractivity contribution in [3.63, 3.8) is 0 Å². The molecule has 0 aliphatic rings. The van der Waals surface area contributed by atoms with Gasteiger partial charge in [-0.3, -0.25) is 0 Å². The van der Waals surface area contributed by atoms with Crippen LogP contribution >= 0.6 is 39.3 Å².